The van der Waals surface area contributed by atoms with Crippen LogP contribution in [0.4, 0.5) is 0 Å². The van der Waals surface area contributed by atoms with Crippen molar-refractivity contribution in [3.63, 3.8) is 0 Å². The second kappa shape index (κ2) is 12.6. The van der Waals surface area contributed by atoms with Crippen molar-refractivity contribution in [2.24, 2.45) is 9.98 Å². The second-order valence-corrected chi connectivity index (χ2v) is 13.2. The van der Waals surface area contributed by atoms with Gasteiger partial charge in [-0.3, -0.25) is 0 Å². The number of fused-ring (bicyclic) bond motifs is 6. The van der Waals surface area contributed by atoms with Crippen LogP contribution in [0.1, 0.15) is 35.1 Å². The van der Waals surface area contributed by atoms with Gasteiger partial charge in [0.25, 0.3) is 0 Å². The summed E-state index contributed by atoms with van der Waals surface area (Å²) < 4.78 is 0. The van der Waals surface area contributed by atoms with Crippen molar-refractivity contribution in [1.29, 1.82) is 0 Å². The molecular formula is C44H34N4O4. The lowest BCUT2D eigenvalue weighted by Crippen LogP contribution is -2.32. The fourth-order valence-corrected chi connectivity index (χ4v) is 7.81. The summed E-state index contributed by atoms with van der Waals surface area (Å²) in [4.78, 5) is 14.0. The Balaban J connectivity index is 1.41. The van der Waals surface area contributed by atoms with Crippen LogP contribution in [0.3, 0.4) is 0 Å². The Labute approximate surface area is 299 Å². The number of hydrogen-bond donors (Lipinski definition) is 6. The second-order valence-electron chi connectivity index (χ2n) is 13.2. The van der Waals surface area contributed by atoms with Gasteiger partial charge in [-0.25, -0.2) is 9.98 Å². The Kier molecular flexibility index (Phi) is 7.60. The van der Waals surface area contributed by atoms with E-state index in [2.05, 4.69) is 10.3 Å². The number of para-hydroxylation sites is 4. The first-order valence-electron chi connectivity index (χ1n) is 17.3. The summed E-state index contributed by atoms with van der Waals surface area (Å²) >= 11 is 0. The summed E-state index contributed by atoms with van der Waals surface area (Å²) in [6, 6.07) is 32.5. The average Bonchev–Trinajstić information content (AvgIpc) is 3.99. The van der Waals surface area contributed by atoms with Crippen LogP contribution in [0, 0.1) is 0 Å². The average molecular weight is 683 g/mol. The van der Waals surface area contributed by atoms with Crippen LogP contribution < -0.4 is 16.0 Å². The minimum atomic E-state index is -0.210. The number of phenols is 4. The van der Waals surface area contributed by atoms with Crippen molar-refractivity contribution >= 4 is 33.7 Å². The van der Waals surface area contributed by atoms with Gasteiger partial charge in [0.15, 0.2) is 0 Å². The predicted molar refractivity (Wildman–Crippen MR) is 204 cm³/mol. The topological polar surface area (TPSA) is 133 Å². The Hall–Kier alpha value is -6.64. The smallest absolute Gasteiger partial charge is 0.123 e. The van der Waals surface area contributed by atoms with Gasteiger partial charge >= 0.3 is 0 Å². The molecule has 9 rings (SSSR count). The van der Waals surface area contributed by atoms with E-state index < -0.39 is 0 Å². The Bertz CT molecular complexity index is 2440. The highest BCUT2D eigenvalue weighted by atomic mass is 16.3. The van der Waals surface area contributed by atoms with E-state index in [1.54, 1.807) is 48.5 Å². The predicted octanol–water partition coefficient (Wildman–Crippen LogP) is 6.21. The molecule has 8 nitrogen and oxygen atoms in total. The molecule has 0 amide bonds. The monoisotopic (exact) mass is 682 g/mol. The van der Waals surface area contributed by atoms with Gasteiger partial charge in [0.05, 0.1) is 22.8 Å². The first-order chi connectivity index (χ1) is 25.4. The molecule has 6 N–H and O–H groups in total. The first-order valence-corrected chi connectivity index (χ1v) is 17.3. The summed E-state index contributed by atoms with van der Waals surface area (Å²) in [6.07, 6.45) is 9.27. The number of aromatic hydroxyl groups is 4. The molecule has 0 saturated carbocycles. The number of H-pyrrole nitrogens is 1. The van der Waals surface area contributed by atoms with E-state index in [1.807, 2.05) is 85.0 Å². The number of rotatable bonds is 4. The Morgan fingerprint density at radius 3 is 1.19 bits per heavy atom. The van der Waals surface area contributed by atoms with Gasteiger partial charge in [-0.2, -0.15) is 0 Å². The highest BCUT2D eigenvalue weighted by molar-refractivity contribution is 6.32. The van der Waals surface area contributed by atoms with Crippen LogP contribution in [0.25, 0.3) is 22.3 Å². The van der Waals surface area contributed by atoms with Gasteiger partial charge < -0.3 is 30.7 Å². The number of nitrogens with zero attached hydrogens (tertiary/aromatic N) is 2. The molecular weight excluding hydrogens is 649 g/mol. The van der Waals surface area contributed by atoms with Crippen molar-refractivity contribution in [3.05, 3.63) is 178 Å². The molecule has 1 saturated heterocycles. The van der Waals surface area contributed by atoms with Crippen molar-refractivity contribution in [2.75, 3.05) is 0 Å². The number of aromatic nitrogens is 1. The van der Waals surface area contributed by atoms with Crippen molar-refractivity contribution in [1.82, 2.24) is 10.3 Å². The summed E-state index contributed by atoms with van der Waals surface area (Å²) in [5, 5.41) is 50.0. The third kappa shape index (κ3) is 5.28. The highest BCUT2D eigenvalue weighted by Crippen LogP contribution is 2.42. The summed E-state index contributed by atoms with van der Waals surface area (Å²) in [6.45, 7) is 0. The fourth-order valence-electron chi connectivity index (χ4n) is 7.81. The van der Waals surface area contributed by atoms with E-state index in [4.69, 9.17) is 9.98 Å². The maximum absolute atomic E-state index is 11.2. The molecule has 254 valence electrons. The lowest BCUT2D eigenvalue weighted by molar-refractivity contribution is 0.472. The van der Waals surface area contributed by atoms with Crippen LogP contribution in [-0.2, 0) is 0 Å². The number of phenolic OH excluding ortho intramolecular Hbond substituents is 4. The first kappa shape index (κ1) is 31.3. The molecule has 5 aromatic rings. The van der Waals surface area contributed by atoms with E-state index >= 15 is 0 Å². The van der Waals surface area contributed by atoms with Crippen LogP contribution in [0.15, 0.2) is 155 Å². The maximum atomic E-state index is 11.2. The maximum Gasteiger partial charge on any atom is 0.123 e. The molecule has 8 bridgehead atoms. The minimum absolute atomic E-state index is 0.109. The SMILES string of the molecule is Oc1ccccc1C1=C2C=CC(=N2)C(c2ccccc2O)=c2ccc([nH]2)=C(c2ccccc2O)C2=NC(=C(c3ccccc3O)C3CCC1N3)C=C2. The van der Waals surface area contributed by atoms with Crippen LogP contribution >= 0.6 is 0 Å². The van der Waals surface area contributed by atoms with E-state index in [1.165, 1.54) is 0 Å². The summed E-state index contributed by atoms with van der Waals surface area (Å²) in [5.41, 5.74) is 8.32. The van der Waals surface area contributed by atoms with Crippen LogP contribution in [-0.4, -0.2) is 48.9 Å². The fraction of sp³-hybridized carbons (Fsp3) is 0.0909. The number of nitrogens with one attached hydrogen (secondary N) is 2. The molecule has 2 unspecified atom stereocenters. The van der Waals surface area contributed by atoms with Crippen molar-refractivity contribution in [3.8, 4) is 23.0 Å². The zero-order valence-electron chi connectivity index (χ0n) is 28.0. The molecule has 52 heavy (non-hydrogen) atoms. The van der Waals surface area contributed by atoms with Gasteiger partial charge in [0, 0.05) is 67.3 Å². The van der Waals surface area contributed by atoms with E-state index in [0.29, 0.717) is 66.9 Å². The molecule has 8 heteroatoms. The lowest BCUT2D eigenvalue weighted by Gasteiger charge is -2.23. The molecule has 1 aromatic heterocycles. The molecule has 0 radical (unpaired) electrons. The Morgan fingerprint density at radius 1 is 0.442 bits per heavy atom. The van der Waals surface area contributed by atoms with E-state index in [0.717, 1.165) is 24.0 Å². The third-order valence-corrected chi connectivity index (χ3v) is 10.1. The standard InChI is InChI=1S/C44H34N4O4/c49-37-13-5-1-9-25(37)41-29-17-19-31(45-29)42(26-10-2-6-14-38(26)50)33-21-23-35(47-33)44(28-12-4-8-16-40(28)52)36-24-22-34(48-36)43(32-20-18-30(41)46-32)27-11-3-7-15-39(27)51/h1-21,23,34,36,45,48-52H,22,24H2. The number of aromatic amines is 1. The molecule has 0 aliphatic carbocycles. The van der Waals surface area contributed by atoms with Crippen LogP contribution in [0.5, 0.6) is 23.0 Å². The van der Waals surface area contributed by atoms with Gasteiger partial charge in [0.2, 0.25) is 0 Å². The number of hydrogen-bond acceptors (Lipinski definition) is 7. The molecule has 4 aliphatic heterocycles. The summed E-state index contributed by atoms with van der Waals surface area (Å²) in [5.74, 6) is 0.523. The van der Waals surface area contributed by atoms with Gasteiger partial charge in [-0.1, -0.05) is 72.8 Å². The quantitative estimate of drug-likeness (QED) is 0.134. The molecule has 4 aliphatic rings. The van der Waals surface area contributed by atoms with Crippen LogP contribution in [0.2, 0.25) is 0 Å². The van der Waals surface area contributed by atoms with Crippen molar-refractivity contribution < 1.29 is 20.4 Å². The highest BCUT2D eigenvalue weighted by Gasteiger charge is 2.35. The van der Waals surface area contributed by atoms with Gasteiger partial charge in [-0.15, -0.1) is 0 Å². The minimum Gasteiger partial charge on any atom is -0.507 e. The van der Waals surface area contributed by atoms with E-state index in [-0.39, 0.29) is 35.1 Å². The number of allylic oxidation sites excluding steroid dienone is 4. The Morgan fingerprint density at radius 2 is 0.808 bits per heavy atom. The zero-order valence-corrected chi connectivity index (χ0v) is 28.0. The molecule has 4 aromatic carbocycles. The molecule has 1 fully saturated rings. The third-order valence-electron chi connectivity index (χ3n) is 10.1. The summed E-state index contributed by atoms with van der Waals surface area (Å²) in [7, 11) is 0. The molecule has 5 heterocycles. The largest absolute Gasteiger partial charge is 0.507 e. The molecule has 2 atom stereocenters. The normalized spacial score (nSPS) is 19.5. The van der Waals surface area contributed by atoms with Gasteiger partial charge in [-0.05, 0) is 73.5 Å². The number of aliphatic imine (C=N–C) groups is 2. The van der Waals surface area contributed by atoms with E-state index in [9.17, 15) is 20.4 Å². The number of benzene rings is 4. The zero-order chi connectivity index (χ0) is 35.3. The van der Waals surface area contributed by atoms with Gasteiger partial charge in [0.1, 0.15) is 23.0 Å². The lowest BCUT2D eigenvalue weighted by atomic mass is 9.93. The van der Waals surface area contributed by atoms with Crippen molar-refractivity contribution in [2.45, 2.75) is 24.9 Å². The molecule has 0 spiro atoms.